The second-order valence-corrected chi connectivity index (χ2v) is 6.66. The fourth-order valence-corrected chi connectivity index (χ4v) is 3.14. The summed E-state index contributed by atoms with van der Waals surface area (Å²) in [6.07, 6.45) is 4.25. The van der Waals surface area contributed by atoms with E-state index in [-0.39, 0.29) is 11.6 Å². The molecule has 30 heavy (non-hydrogen) atoms. The molecule has 0 aliphatic carbocycles. The first-order valence-corrected chi connectivity index (χ1v) is 9.32. The molecule has 0 fully saturated rings. The third-order valence-corrected chi connectivity index (χ3v) is 4.67. The number of benzene rings is 2. The molecule has 150 valence electrons. The lowest BCUT2D eigenvalue weighted by Crippen LogP contribution is -2.17. The van der Waals surface area contributed by atoms with Gasteiger partial charge in [-0.25, -0.2) is 5.43 Å². The lowest BCUT2D eigenvalue weighted by molar-refractivity contribution is -0.384. The van der Waals surface area contributed by atoms with E-state index in [0.29, 0.717) is 29.9 Å². The van der Waals surface area contributed by atoms with Crippen molar-refractivity contribution in [3.63, 3.8) is 0 Å². The Labute approximate surface area is 171 Å². The summed E-state index contributed by atoms with van der Waals surface area (Å²) in [6.45, 7) is 0. The number of amides is 1. The van der Waals surface area contributed by atoms with Crippen molar-refractivity contribution in [2.75, 3.05) is 0 Å². The van der Waals surface area contributed by atoms with Crippen LogP contribution in [0.5, 0.6) is 0 Å². The topological polar surface area (TPSA) is 114 Å². The number of carbonyl (C=O) groups is 1. The second-order valence-electron chi connectivity index (χ2n) is 6.66. The predicted molar refractivity (Wildman–Crippen MR) is 113 cm³/mol. The average molecular weight is 402 g/mol. The van der Waals surface area contributed by atoms with Crippen molar-refractivity contribution in [3.8, 4) is 11.3 Å². The van der Waals surface area contributed by atoms with E-state index in [1.165, 1.54) is 18.3 Å². The van der Waals surface area contributed by atoms with Gasteiger partial charge in [0.05, 0.1) is 11.1 Å². The van der Waals surface area contributed by atoms with Crippen LogP contribution in [0, 0.1) is 10.1 Å². The molecule has 1 amide bonds. The van der Waals surface area contributed by atoms with Crippen LogP contribution in [0.3, 0.4) is 0 Å². The van der Waals surface area contributed by atoms with Crippen LogP contribution in [-0.2, 0) is 11.2 Å². The van der Waals surface area contributed by atoms with Crippen LogP contribution in [0.15, 0.2) is 76.4 Å². The van der Waals surface area contributed by atoms with Crippen molar-refractivity contribution in [1.82, 2.24) is 10.4 Å². The molecule has 2 N–H and O–H groups in total. The summed E-state index contributed by atoms with van der Waals surface area (Å²) in [5.74, 6) is 0.816. The minimum Gasteiger partial charge on any atom is -0.455 e. The molecule has 0 atom stereocenters. The minimum absolute atomic E-state index is 0.0161. The number of para-hydroxylation sites is 1. The maximum absolute atomic E-state index is 12.1. The number of H-pyrrole nitrogens is 1. The number of carbonyl (C=O) groups excluding carboxylic acids is 1. The molecule has 2 heterocycles. The van der Waals surface area contributed by atoms with E-state index in [2.05, 4.69) is 15.5 Å². The van der Waals surface area contributed by atoms with Crippen molar-refractivity contribution in [2.24, 2.45) is 5.10 Å². The number of non-ortho nitro benzene ring substituents is 1. The fourth-order valence-electron chi connectivity index (χ4n) is 3.14. The van der Waals surface area contributed by atoms with Gasteiger partial charge in [-0.2, -0.15) is 5.10 Å². The summed E-state index contributed by atoms with van der Waals surface area (Å²) >= 11 is 0. The van der Waals surface area contributed by atoms with E-state index < -0.39 is 4.92 Å². The first kappa shape index (κ1) is 19.1. The molecular formula is C22H18N4O4. The molecule has 4 rings (SSSR count). The van der Waals surface area contributed by atoms with Gasteiger partial charge in [0.15, 0.2) is 0 Å². The predicted octanol–water partition coefficient (Wildman–Crippen LogP) is 4.42. The van der Waals surface area contributed by atoms with Crippen LogP contribution < -0.4 is 5.43 Å². The van der Waals surface area contributed by atoms with Crippen LogP contribution in [0.1, 0.15) is 17.7 Å². The molecular weight excluding hydrogens is 384 g/mol. The molecule has 8 nitrogen and oxygen atoms in total. The number of nitrogens with one attached hydrogen (secondary N) is 2. The standard InChI is InChI=1S/C22H18N4O4/c27-22(12-7-16-13-23-20-4-2-1-3-19(16)20)25-24-14-18-10-11-21(30-18)15-5-8-17(9-6-15)26(28)29/h1-6,8-11,13-14,23H,7,12H2,(H,25,27). The maximum Gasteiger partial charge on any atom is 0.269 e. The molecule has 0 radical (unpaired) electrons. The van der Waals surface area contributed by atoms with Crippen LogP contribution in [-0.4, -0.2) is 22.0 Å². The zero-order valence-corrected chi connectivity index (χ0v) is 15.9. The third kappa shape index (κ3) is 4.27. The summed E-state index contributed by atoms with van der Waals surface area (Å²) in [6, 6.07) is 17.5. The quantitative estimate of drug-likeness (QED) is 0.271. The van der Waals surface area contributed by atoms with Gasteiger partial charge < -0.3 is 9.40 Å². The van der Waals surface area contributed by atoms with E-state index in [0.717, 1.165) is 16.5 Å². The SMILES string of the molecule is O=C(CCc1c[nH]c2ccccc12)NN=Cc1ccc(-c2ccc([N+](=O)[O-])cc2)o1. The van der Waals surface area contributed by atoms with Gasteiger partial charge in [0.1, 0.15) is 11.5 Å². The molecule has 0 spiro atoms. The van der Waals surface area contributed by atoms with Crippen LogP contribution in [0.4, 0.5) is 5.69 Å². The first-order chi connectivity index (χ1) is 14.6. The van der Waals surface area contributed by atoms with Crippen LogP contribution >= 0.6 is 0 Å². The van der Waals surface area contributed by atoms with E-state index >= 15 is 0 Å². The van der Waals surface area contributed by atoms with Crippen molar-refractivity contribution in [2.45, 2.75) is 12.8 Å². The average Bonchev–Trinajstić information content (AvgIpc) is 3.39. The van der Waals surface area contributed by atoms with Crippen molar-refractivity contribution < 1.29 is 14.1 Å². The molecule has 4 aromatic rings. The van der Waals surface area contributed by atoms with Crippen molar-refractivity contribution >= 4 is 28.7 Å². The molecule has 0 saturated carbocycles. The summed E-state index contributed by atoms with van der Waals surface area (Å²) in [5, 5.41) is 15.8. The Kier molecular flexibility index (Phi) is 5.38. The Morgan fingerprint density at radius 2 is 1.93 bits per heavy atom. The Hall–Kier alpha value is -4.20. The highest BCUT2D eigenvalue weighted by atomic mass is 16.6. The molecule has 2 aromatic carbocycles. The van der Waals surface area contributed by atoms with Crippen LogP contribution in [0.2, 0.25) is 0 Å². The Bertz CT molecular complexity index is 1220. The van der Waals surface area contributed by atoms with Crippen molar-refractivity contribution in [3.05, 3.63) is 88.3 Å². The van der Waals surface area contributed by atoms with E-state index in [1.807, 2.05) is 30.5 Å². The normalized spacial score (nSPS) is 11.2. The third-order valence-electron chi connectivity index (χ3n) is 4.67. The molecule has 2 aromatic heterocycles. The highest BCUT2D eigenvalue weighted by molar-refractivity contribution is 5.84. The Balaban J connectivity index is 1.31. The largest absolute Gasteiger partial charge is 0.455 e. The van der Waals surface area contributed by atoms with Gasteiger partial charge in [-0.15, -0.1) is 0 Å². The monoisotopic (exact) mass is 402 g/mol. The molecule has 0 aliphatic rings. The second kappa shape index (κ2) is 8.44. The number of nitro benzene ring substituents is 1. The molecule has 0 saturated heterocycles. The zero-order chi connectivity index (χ0) is 20.9. The number of aromatic amines is 1. The molecule has 8 heteroatoms. The van der Waals surface area contributed by atoms with Gasteiger partial charge in [0.2, 0.25) is 5.91 Å². The number of hydrogen-bond donors (Lipinski definition) is 2. The molecule has 0 bridgehead atoms. The first-order valence-electron chi connectivity index (χ1n) is 9.32. The molecule has 0 aliphatic heterocycles. The van der Waals surface area contributed by atoms with Gasteiger partial charge in [0, 0.05) is 41.2 Å². The number of rotatable bonds is 7. The van der Waals surface area contributed by atoms with Gasteiger partial charge >= 0.3 is 0 Å². The summed E-state index contributed by atoms with van der Waals surface area (Å²) in [7, 11) is 0. The summed E-state index contributed by atoms with van der Waals surface area (Å²) in [5.41, 5.74) is 5.36. The number of hydrogen-bond acceptors (Lipinski definition) is 5. The highest BCUT2D eigenvalue weighted by Gasteiger charge is 2.09. The number of hydrazone groups is 1. The van der Waals surface area contributed by atoms with Gasteiger partial charge in [-0.05, 0) is 42.3 Å². The van der Waals surface area contributed by atoms with Gasteiger partial charge in [0.25, 0.3) is 5.69 Å². The molecule has 0 unspecified atom stereocenters. The van der Waals surface area contributed by atoms with Gasteiger partial charge in [-0.3, -0.25) is 14.9 Å². The lowest BCUT2D eigenvalue weighted by Gasteiger charge is -1.99. The summed E-state index contributed by atoms with van der Waals surface area (Å²) in [4.78, 5) is 25.5. The number of aromatic nitrogens is 1. The Morgan fingerprint density at radius 3 is 2.73 bits per heavy atom. The van der Waals surface area contributed by atoms with Crippen molar-refractivity contribution in [1.29, 1.82) is 0 Å². The highest BCUT2D eigenvalue weighted by Crippen LogP contribution is 2.24. The number of fused-ring (bicyclic) bond motifs is 1. The zero-order valence-electron chi connectivity index (χ0n) is 15.9. The minimum atomic E-state index is -0.453. The number of nitrogens with zero attached hydrogens (tertiary/aromatic N) is 2. The number of aryl methyl sites for hydroxylation is 1. The fraction of sp³-hybridized carbons (Fsp3) is 0.0909. The number of furan rings is 1. The van der Waals surface area contributed by atoms with E-state index in [9.17, 15) is 14.9 Å². The number of nitro groups is 1. The van der Waals surface area contributed by atoms with Gasteiger partial charge in [-0.1, -0.05) is 18.2 Å². The smallest absolute Gasteiger partial charge is 0.269 e. The summed E-state index contributed by atoms with van der Waals surface area (Å²) < 4.78 is 5.64. The van der Waals surface area contributed by atoms with E-state index in [1.54, 1.807) is 24.3 Å². The Morgan fingerprint density at radius 1 is 1.13 bits per heavy atom. The van der Waals surface area contributed by atoms with E-state index in [4.69, 9.17) is 4.42 Å². The lowest BCUT2D eigenvalue weighted by atomic mass is 10.1. The van der Waals surface area contributed by atoms with Crippen LogP contribution in [0.25, 0.3) is 22.2 Å². The maximum atomic E-state index is 12.1.